The van der Waals surface area contributed by atoms with Crippen molar-refractivity contribution in [1.29, 1.82) is 0 Å². The van der Waals surface area contributed by atoms with Gasteiger partial charge in [0.1, 0.15) is 11.8 Å². The Labute approximate surface area is 121 Å². The molecule has 4 N–H and O–H groups in total. The number of carbonyl (C=O) groups is 1. The molecule has 1 unspecified atom stereocenters. The zero-order chi connectivity index (χ0) is 14.6. The fourth-order valence-electron chi connectivity index (χ4n) is 1.84. The van der Waals surface area contributed by atoms with Gasteiger partial charge in [-0.3, -0.25) is 4.79 Å². The Balaban J connectivity index is 2.05. The first-order valence-corrected chi connectivity index (χ1v) is 7.20. The van der Waals surface area contributed by atoms with Gasteiger partial charge < -0.3 is 15.9 Å². The zero-order valence-corrected chi connectivity index (χ0v) is 12.0. The van der Waals surface area contributed by atoms with Crippen molar-refractivity contribution in [2.75, 3.05) is 5.75 Å². The number of thioether (sulfide) groups is 1. The van der Waals surface area contributed by atoms with Crippen molar-refractivity contribution >= 4 is 17.7 Å². The van der Waals surface area contributed by atoms with Gasteiger partial charge in [-0.15, -0.1) is 0 Å². The lowest BCUT2D eigenvalue weighted by atomic mass is 9.88. The van der Waals surface area contributed by atoms with Crippen molar-refractivity contribution in [3.63, 3.8) is 0 Å². The molecule has 0 fully saturated rings. The van der Waals surface area contributed by atoms with Crippen LogP contribution < -0.4 is 11.5 Å². The SMILES string of the molecule is Cc1coc(SCCC(N)(C(N)=O)c2ccccc2)n1. The number of aromatic nitrogens is 1. The second kappa shape index (κ2) is 6.11. The Morgan fingerprint density at radius 1 is 1.40 bits per heavy atom. The summed E-state index contributed by atoms with van der Waals surface area (Å²) in [5.74, 6) is 0.0572. The molecule has 0 saturated carbocycles. The molecule has 0 aliphatic carbocycles. The van der Waals surface area contributed by atoms with Gasteiger partial charge in [-0.2, -0.15) is 0 Å². The number of hydrogen-bond acceptors (Lipinski definition) is 5. The summed E-state index contributed by atoms with van der Waals surface area (Å²) in [5, 5.41) is 0.572. The van der Waals surface area contributed by atoms with Gasteiger partial charge in [0.25, 0.3) is 5.22 Å². The number of amides is 1. The average molecular weight is 291 g/mol. The molecule has 2 aromatic rings. The second-order valence-electron chi connectivity index (χ2n) is 4.55. The maximum absolute atomic E-state index is 11.7. The number of benzene rings is 1. The Morgan fingerprint density at radius 3 is 2.65 bits per heavy atom. The van der Waals surface area contributed by atoms with Crippen molar-refractivity contribution in [1.82, 2.24) is 4.98 Å². The van der Waals surface area contributed by atoms with E-state index in [0.717, 1.165) is 11.3 Å². The van der Waals surface area contributed by atoms with E-state index in [9.17, 15) is 4.79 Å². The molecule has 106 valence electrons. The standard InChI is InChI=1S/C14H17N3O2S/c1-10-9-19-13(17-10)20-8-7-14(16,12(15)18)11-5-3-2-4-6-11/h2-6,9H,7-8,16H2,1H3,(H2,15,18). The van der Waals surface area contributed by atoms with E-state index in [0.29, 0.717) is 17.4 Å². The molecule has 0 aliphatic rings. The molecule has 0 spiro atoms. The Morgan fingerprint density at radius 2 is 2.10 bits per heavy atom. The molecule has 1 amide bonds. The highest BCUT2D eigenvalue weighted by molar-refractivity contribution is 7.99. The summed E-state index contributed by atoms with van der Waals surface area (Å²) in [6.07, 6.45) is 2.00. The van der Waals surface area contributed by atoms with E-state index in [4.69, 9.17) is 15.9 Å². The molecule has 0 aliphatic heterocycles. The van der Waals surface area contributed by atoms with Gasteiger partial charge in [0.15, 0.2) is 0 Å². The van der Waals surface area contributed by atoms with Crippen LogP contribution in [0, 0.1) is 6.92 Å². The third-order valence-electron chi connectivity index (χ3n) is 3.05. The number of primary amides is 1. The van der Waals surface area contributed by atoms with Crippen LogP contribution in [0.4, 0.5) is 0 Å². The molecule has 6 heteroatoms. The molecule has 1 aromatic carbocycles. The number of hydrogen-bond donors (Lipinski definition) is 2. The number of oxazole rings is 1. The van der Waals surface area contributed by atoms with E-state index < -0.39 is 11.4 Å². The third kappa shape index (κ3) is 3.20. The molecule has 0 bridgehead atoms. The van der Waals surface area contributed by atoms with Crippen LogP contribution in [-0.4, -0.2) is 16.6 Å². The van der Waals surface area contributed by atoms with Gasteiger partial charge in [-0.1, -0.05) is 42.1 Å². The highest BCUT2D eigenvalue weighted by atomic mass is 32.2. The van der Waals surface area contributed by atoms with Gasteiger partial charge in [0, 0.05) is 5.75 Å². The molecular weight excluding hydrogens is 274 g/mol. The largest absolute Gasteiger partial charge is 0.440 e. The molecule has 0 radical (unpaired) electrons. The van der Waals surface area contributed by atoms with Crippen LogP contribution in [0.3, 0.4) is 0 Å². The number of nitrogens with two attached hydrogens (primary N) is 2. The Hall–Kier alpha value is -1.79. The summed E-state index contributed by atoms with van der Waals surface area (Å²) in [6, 6.07) is 9.17. The monoisotopic (exact) mass is 291 g/mol. The van der Waals surface area contributed by atoms with E-state index in [1.54, 1.807) is 6.26 Å². The maximum atomic E-state index is 11.7. The number of nitrogens with zero attached hydrogens (tertiary/aromatic N) is 1. The molecule has 1 heterocycles. The zero-order valence-electron chi connectivity index (χ0n) is 11.2. The third-order valence-corrected chi connectivity index (χ3v) is 3.89. The molecule has 2 rings (SSSR count). The fourth-order valence-corrected chi connectivity index (χ4v) is 2.77. The van der Waals surface area contributed by atoms with Crippen molar-refractivity contribution in [2.45, 2.75) is 24.1 Å². The van der Waals surface area contributed by atoms with E-state index in [1.165, 1.54) is 11.8 Å². The van der Waals surface area contributed by atoms with Crippen LogP contribution in [0.5, 0.6) is 0 Å². The molecule has 20 heavy (non-hydrogen) atoms. The fraction of sp³-hybridized carbons (Fsp3) is 0.286. The number of rotatable bonds is 6. The minimum absolute atomic E-state index is 0.415. The van der Waals surface area contributed by atoms with E-state index >= 15 is 0 Å². The minimum Gasteiger partial charge on any atom is -0.440 e. The van der Waals surface area contributed by atoms with Gasteiger partial charge in [0.05, 0.1) is 5.69 Å². The summed E-state index contributed by atoms with van der Waals surface area (Å²) in [6.45, 7) is 1.86. The van der Waals surface area contributed by atoms with Gasteiger partial charge in [-0.25, -0.2) is 4.98 Å². The lowest BCUT2D eigenvalue weighted by molar-refractivity contribution is -0.123. The van der Waals surface area contributed by atoms with E-state index in [1.807, 2.05) is 37.3 Å². The van der Waals surface area contributed by atoms with Crippen molar-refractivity contribution in [2.24, 2.45) is 11.5 Å². The predicted molar refractivity (Wildman–Crippen MR) is 78.1 cm³/mol. The molecule has 0 saturated heterocycles. The van der Waals surface area contributed by atoms with Crippen LogP contribution >= 0.6 is 11.8 Å². The van der Waals surface area contributed by atoms with Crippen LogP contribution in [0.25, 0.3) is 0 Å². The quantitative estimate of drug-likeness (QED) is 0.791. The van der Waals surface area contributed by atoms with Gasteiger partial charge in [-0.05, 0) is 18.9 Å². The van der Waals surface area contributed by atoms with Gasteiger partial charge >= 0.3 is 0 Å². The lowest BCUT2D eigenvalue weighted by Gasteiger charge is -2.26. The molecule has 5 nitrogen and oxygen atoms in total. The lowest BCUT2D eigenvalue weighted by Crippen LogP contribution is -2.49. The first-order chi connectivity index (χ1) is 9.52. The predicted octanol–water partition coefficient (Wildman–Crippen LogP) is 1.80. The van der Waals surface area contributed by atoms with Crippen LogP contribution in [0.1, 0.15) is 17.7 Å². The average Bonchev–Trinajstić information content (AvgIpc) is 2.85. The highest BCUT2D eigenvalue weighted by Crippen LogP contribution is 2.26. The summed E-state index contributed by atoms with van der Waals surface area (Å²) in [7, 11) is 0. The Bertz CT molecular complexity index is 585. The number of aryl methyl sites for hydroxylation is 1. The Kier molecular flexibility index (Phi) is 4.46. The molecule has 1 atom stereocenters. The summed E-state index contributed by atoms with van der Waals surface area (Å²) in [4.78, 5) is 15.9. The smallest absolute Gasteiger partial charge is 0.255 e. The first-order valence-electron chi connectivity index (χ1n) is 6.21. The van der Waals surface area contributed by atoms with Gasteiger partial charge in [0.2, 0.25) is 5.91 Å². The molecular formula is C14H17N3O2S. The van der Waals surface area contributed by atoms with Crippen molar-refractivity contribution in [3.05, 3.63) is 47.9 Å². The maximum Gasteiger partial charge on any atom is 0.255 e. The van der Waals surface area contributed by atoms with E-state index in [2.05, 4.69) is 4.98 Å². The van der Waals surface area contributed by atoms with E-state index in [-0.39, 0.29) is 0 Å². The second-order valence-corrected chi connectivity index (χ2v) is 5.60. The van der Waals surface area contributed by atoms with Crippen molar-refractivity contribution in [3.8, 4) is 0 Å². The van der Waals surface area contributed by atoms with Crippen molar-refractivity contribution < 1.29 is 9.21 Å². The number of carbonyl (C=O) groups excluding carboxylic acids is 1. The normalized spacial score (nSPS) is 13.9. The van der Waals surface area contributed by atoms with Crippen LogP contribution in [0.2, 0.25) is 0 Å². The summed E-state index contributed by atoms with van der Waals surface area (Å²) >= 11 is 1.41. The topological polar surface area (TPSA) is 95.1 Å². The molecule has 1 aromatic heterocycles. The minimum atomic E-state index is -1.17. The van der Waals surface area contributed by atoms with Crippen LogP contribution in [0.15, 0.2) is 46.2 Å². The van der Waals surface area contributed by atoms with Crippen LogP contribution in [-0.2, 0) is 10.3 Å². The highest BCUT2D eigenvalue weighted by Gasteiger charge is 2.33. The first kappa shape index (κ1) is 14.6. The summed E-state index contributed by atoms with van der Waals surface area (Å²) in [5.41, 5.74) is 12.0. The summed E-state index contributed by atoms with van der Waals surface area (Å²) < 4.78 is 5.24.